The number of alkyl halides is 1. The fourth-order valence-corrected chi connectivity index (χ4v) is 7.93. The lowest BCUT2D eigenvalue weighted by atomic mass is 9.80. The van der Waals surface area contributed by atoms with Gasteiger partial charge in [-0.05, 0) is 53.1 Å². The summed E-state index contributed by atoms with van der Waals surface area (Å²) in [4.78, 5) is 26.1. The maximum Gasteiger partial charge on any atom is 0.522 e. The van der Waals surface area contributed by atoms with Gasteiger partial charge in [-0.3, -0.25) is 9.36 Å². The second-order valence-electron chi connectivity index (χ2n) is 12.7. The zero-order valence-electron chi connectivity index (χ0n) is 30.8. The van der Waals surface area contributed by atoms with Gasteiger partial charge in [0.25, 0.3) is 5.91 Å². The van der Waals surface area contributed by atoms with Crippen molar-refractivity contribution in [1.82, 2.24) is 19.5 Å². The van der Waals surface area contributed by atoms with Crippen molar-refractivity contribution in [3.8, 4) is 17.6 Å². The van der Waals surface area contributed by atoms with Gasteiger partial charge in [0.05, 0.1) is 39.6 Å². The third-order valence-electron chi connectivity index (χ3n) is 9.42. The van der Waals surface area contributed by atoms with Crippen molar-refractivity contribution in [3.63, 3.8) is 0 Å². The van der Waals surface area contributed by atoms with Gasteiger partial charge in [0.15, 0.2) is 35.5 Å². The van der Waals surface area contributed by atoms with Gasteiger partial charge >= 0.3 is 7.15 Å². The number of methoxy groups -OCH3 is 2. The molecule has 3 heterocycles. The molecule has 16 heteroatoms. The first kappa shape index (κ1) is 39.5. The molecule has 4 aromatic carbocycles. The standard InChI is InChI=1S/C41H36FN6O7PS/c1-50-31-18-14-29(15-19-31)41(28-12-7-4-8-13-28,30-16-20-32(51-2)21-17-30)52-24-33-36(55-56(57)53-23-9-22-43)34(42)40(54-33)48-26-46-35-37(44-25-45-38(35)48)47-39(49)27-10-5-3-6-11-27/h3-8,10-21,25-26,33-34,36,40H,9,23-24H2,1-2H3/p+1/t33-,34-,36-,40-/m1/s1. The molecule has 7 rings (SSSR count). The molecule has 0 spiro atoms. The smallest absolute Gasteiger partial charge is 0.497 e. The fraction of sp³-hybridized carbons (Fsp3) is 0.244. The minimum atomic E-state index is -2.06. The summed E-state index contributed by atoms with van der Waals surface area (Å²) in [5.41, 5.74) is 1.91. The van der Waals surface area contributed by atoms with Gasteiger partial charge in [0.2, 0.25) is 11.8 Å². The molecular formula is C41H37FN6O7PS+. The number of rotatable bonds is 16. The quantitative estimate of drug-likeness (QED) is 0.0588. The van der Waals surface area contributed by atoms with Crippen LogP contribution in [-0.4, -0.2) is 71.2 Å². The number of carbonyl (C=O) groups excluding carboxylic acids is 1. The zero-order chi connectivity index (χ0) is 39.8. The van der Waals surface area contributed by atoms with E-state index in [1.165, 1.54) is 17.2 Å². The van der Waals surface area contributed by atoms with E-state index >= 15 is 4.39 Å². The molecule has 1 fully saturated rings. The monoisotopic (exact) mass is 807 g/mol. The van der Waals surface area contributed by atoms with Crippen molar-refractivity contribution in [2.75, 3.05) is 32.8 Å². The average molecular weight is 808 g/mol. The Balaban J connectivity index is 1.26. The number of amides is 1. The number of ether oxygens (including phenoxy) is 4. The van der Waals surface area contributed by atoms with Crippen molar-refractivity contribution >= 4 is 41.8 Å². The number of aromatic nitrogens is 4. The second kappa shape index (κ2) is 18.0. The third-order valence-corrected chi connectivity index (χ3v) is 10.8. The van der Waals surface area contributed by atoms with Crippen molar-refractivity contribution in [1.29, 1.82) is 5.26 Å². The largest absolute Gasteiger partial charge is 0.522 e. The van der Waals surface area contributed by atoms with Crippen LogP contribution < -0.4 is 14.8 Å². The van der Waals surface area contributed by atoms with Crippen molar-refractivity contribution < 1.29 is 37.2 Å². The number of nitriles is 1. The van der Waals surface area contributed by atoms with E-state index in [2.05, 4.69) is 20.3 Å². The van der Waals surface area contributed by atoms with Crippen LogP contribution in [0.25, 0.3) is 11.2 Å². The Kier molecular flexibility index (Phi) is 12.5. The fourth-order valence-electron chi connectivity index (χ4n) is 6.65. The summed E-state index contributed by atoms with van der Waals surface area (Å²) in [5.74, 6) is 1.04. The highest BCUT2D eigenvalue weighted by molar-refractivity contribution is 8.00. The third kappa shape index (κ3) is 8.38. The predicted octanol–water partition coefficient (Wildman–Crippen LogP) is 7.43. The number of benzene rings is 4. The van der Waals surface area contributed by atoms with E-state index in [-0.39, 0.29) is 36.6 Å². The van der Waals surface area contributed by atoms with Crippen LogP contribution in [0.3, 0.4) is 0 Å². The summed E-state index contributed by atoms with van der Waals surface area (Å²) in [6.45, 7) is -0.168. The van der Waals surface area contributed by atoms with Crippen LogP contribution in [0, 0.1) is 11.3 Å². The molecule has 5 atom stereocenters. The first-order valence-electron chi connectivity index (χ1n) is 17.8. The van der Waals surface area contributed by atoms with Gasteiger partial charge in [-0.15, -0.1) is 9.05 Å². The highest BCUT2D eigenvalue weighted by atomic mass is 32.4. The summed E-state index contributed by atoms with van der Waals surface area (Å²) in [5, 5.41) is 11.8. The summed E-state index contributed by atoms with van der Waals surface area (Å²) < 4.78 is 54.6. The van der Waals surface area contributed by atoms with Gasteiger partial charge in [0.1, 0.15) is 36.1 Å². The molecule has 2 aromatic heterocycles. The topological polar surface area (TPSA) is 152 Å². The van der Waals surface area contributed by atoms with Gasteiger partial charge in [-0.25, -0.2) is 19.3 Å². The van der Waals surface area contributed by atoms with Gasteiger partial charge in [-0.1, -0.05) is 72.8 Å². The molecule has 290 valence electrons. The maximum absolute atomic E-state index is 17.0. The van der Waals surface area contributed by atoms with Crippen molar-refractivity contribution in [2.45, 2.75) is 36.6 Å². The number of imidazole rings is 1. The maximum atomic E-state index is 17.0. The molecule has 1 saturated heterocycles. The summed E-state index contributed by atoms with van der Waals surface area (Å²) in [6.07, 6.45) is -2.76. The van der Waals surface area contributed by atoms with E-state index in [1.54, 1.807) is 44.6 Å². The molecule has 1 N–H and O–H groups in total. The number of halogens is 1. The highest BCUT2D eigenvalue weighted by Gasteiger charge is 2.52. The summed E-state index contributed by atoms with van der Waals surface area (Å²) in [6, 6.07) is 35.3. The number of hydrogen-bond acceptors (Lipinski definition) is 12. The van der Waals surface area contributed by atoms with Crippen LogP contribution in [0.5, 0.6) is 11.5 Å². The van der Waals surface area contributed by atoms with Crippen LogP contribution in [-0.2, 0) is 35.9 Å². The van der Waals surface area contributed by atoms with Gasteiger partial charge in [-0.2, -0.15) is 5.26 Å². The number of nitrogens with one attached hydrogen (secondary N) is 1. The lowest BCUT2D eigenvalue weighted by molar-refractivity contribution is -0.0908. The highest BCUT2D eigenvalue weighted by Crippen LogP contribution is 2.45. The molecule has 1 aliphatic rings. The Bertz CT molecular complexity index is 2300. The molecule has 13 nitrogen and oxygen atoms in total. The van der Waals surface area contributed by atoms with Crippen LogP contribution in [0.2, 0.25) is 0 Å². The molecule has 0 aliphatic carbocycles. The molecule has 57 heavy (non-hydrogen) atoms. The Labute approximate surface area is 333 Å². The first-order chi connectivity index (χ1) is 27.9. The summed E-state index contributed by atoms with van der Waals surface area (Å²) >= 11 is 5.49. The molecule has 6 aromatic rings. The molecule has 0 saturated carbocycles. The van der Waals surface area contributed by atoms with Crippen LogP contribution in [0.15, 0.2) is 122 Å². The number of nitrogens with zero attached hydrogens (tertiary/aromatic N) is 5. The van der Waals surface area contributed by atoms with Gasteiger partial charge < -0.3 is 24.3 Å². The van der Waals surface area contributed by atoms with Crippen LogP contribution in [0.4, 0.5) is 10.2 Å². The summed E-state index contributed by atoms with van der Waals surface area (Å²) in [7, 11) is 1.13. The van der Waals surface area contributed by atoms with E-state index in [0.29, 0.717) is 17.1 Å². The Hall–Kier alpha value is -5.72. The molecule has 1 unspecified atom stereocenters. The number of hydrogen-bond donors (Lipinski definition) is 1. The lowest BCUT2D eigenvalue weighted by Crippen LogP contribution is -2.39. The minimum absolute atomic E-state index is 0.0213. The van der Waals surface area contributed by atoms with Crippen LogP contribution >= 0.6 is 7.15 Å². The first-order valence-corrected chi connectivity index (χ1v) is 20.0. The lowest BCUT2D eigenvalue weighted by Gasteiger charge is -2.37. The van der Waals surface area contributed by atoms with Crippen LogP contribution in [0.1, 0.15) is 39.7 Å². The minimum Gasteiger partial charge on any atom is -0.497 e. The molecule has 1 amide bonds. The number of anilines is 1. The van der Waals surface area contributed by atoms with Crippen molar-refractivity contribution in [2.24, 2.45) is 0 Å². The zero-order valence-corrected chi connectivity index (χ0v) is 32.5. The van der Waals surface area contributed by atoms with E-state index in [1.807, 2.05) is 84.9 Å². The number of fused-ring (bicyclic) bond motifs is 1. The van der Waals surface area contributed by atoms with Crippen molar-refractivity contribution in [3.05, 3.63) is 144 Å². The Morgan fingerprint density at radius 2 is 1.53 bits per heavy atom. The SMILES string of the molecule is COc1ccc(C(OC[C@H]2O[C@@H](n3cnc4c(NC(=O)c5ccccc5)ncnc43)[C@H](F)[C@@H]2O[P+](=S)OCCC#N)(c2ccccc2)c2ccc(OC)cc2)cc1. The Morgan fingerprint density at radius 1 is 0.912 bits per heavy atom. The van der Waals surface area contributed by atoms with E-state index in [0.717, 1.165) is 16.7 Å². The average Bonchev–Trinajstić information content (AvgIpc) is 3.82. The normalized spacial score (nSPS) is 18.2. The second-order valence-corrected chi connectivity index (χ2v) is 14.5. The molecule has 0 radical (unpaired) electrons. The Morgan fingerprint density at radius 3 is 2.14 bits per heavy atom. The van der Waals surface area contributed by atoms with E-state index in [4.69, 9.17) is 45.1 Å². The molecular weight excluding hydrogens is 771 g/mol. The molecule has 1 aliphatic heterocycles. The molecule has 0 bridgehead atoms. The van der Waals surface area contributed by atoms with E-state index < -0.39 is 43.3 Å². The van der Waals surface area contributed by atoms with Gasteiger partial charge in [0, 0.05) is 5.56 Å². The van der Waals surface area contributed by atoms with E-state index in [9.17, 15) is 4.79 Å². The predicted molar refractivity (Wildman–Crippen MR) is 212 cm³/mol. The number of carbonyl (C=O) groups is 1.